The largest absolute Gasteiger partial charge is 0.273 e. The van der Waals surface area contributed by atoms with E-state index in [2.05, 4.69) is 10.5 Å². The standard InChI is InChI=1S/C16H24N2O/c19-16(15-8-11-2-4-13(15)6-11)18-17-9-14-7-10-1-3-12(14)5-10/h9-15H,1-8H2,(H,18,19)/b17-9-/t10-,11-,12+,13-,14-,15+/m1/s1. The molecule has 0 saturated heterocycles. The zero-order chi connectivity index (χ0) is 12.8. The minimum absolute atomic E-state index is 0.187. The maximum Gasteiger partial charge on any atom is 0.243 e. The predicted octanol–water partition coefficient (Wildman–Crippen LogP) is 2.96. The molecule has 0 radical (unpaired) electrons. The molecule has 0 aromatic carbocycles. The number of fused-ring (bicyclic) bond motifs is 4. The summed E-state index contributed by atoms with van der Waals surface area (Å²) in [6, 6.07) is 0. The second-order valence-corrected chi connectivity index (χ2v) is 7.37. The van der Waals surface area contributed by atoms with Crippen LogP contribution in [0.5, 0.6) is 0 Å². The molecule has 0 spiro atoms. The fourth-order valence-electron chi connectivity index (χ4n) is 5.32. The van der Waals surface area contributed by atoms with Crippen LogP contribution in [0.3, 0.4) is 0 Å². The third kappa shape index (κ3) is 2.11. The first-order chi connectivity index (χ1) is 9.29. The van der Waals surface area contributed by atoms with E-state index in [1.165, 1.54) is 44.9 Å². The van der Waals surface area contributed by atoms with Gasteiger partial charge in [-0.3, -0.25) is 4.79 Å². The lowest BCUT2D eigenvalue weighted by Crippen LogP contribution is -2.31. The van der Waals surface area contributed by atoms with Crippen molar-refractivity contribution in [1.29, 1.82) is 0 Å². The summed E-state index contributed by atoms with van der Waals surface area (Å²) in [6.07, 6.45) is 12.5. The Morgan fingerprint density at radius 1 is 0.947 bits per heavy atom. The maximum absolute atomic E-state index is 12.1. The molecule has 4 bridgehead atoms. The van der Waals surface area contributed by atoms with Gasteiger partial charge in [-0.25, -0.2) is 5.43 Å². The molecule has 0 aromatic rings. The first-order valence-electron chi connectivity index (χ1n) is 8.12. The number of hydrogen-bond acceptors (Lipinski definition) is 2. The zero-order valence-electron chi connectivity index (χ0n) is 11.6. The Bertz CT molecular complexity index is 406. The van der Waals surface area contributed by atoms with Crippen LogP contribution in [0.15, 0.2) is 5.10 Å². The summed E-state index contributed by atoms with van der Waals surface area (Å²) in [5, 5.41) is 4.28. The Morgan fingerprint density at radius 3 is 2.26 bits per heavy atom. The summed E-state index contributed by atoms with van der Waals surface area (Å²) in [5.41, 5.74) is 2.83. The Morgan fingerprint density at radius 2 is 1.68 bits per heavy atom. The monoisotopic (exact) mass is 260 g/mol. The molecule has 6 atom stereocenters. The molecule has 1 N–H and O–H groups in total. The summed E-state index contributed by atoms with van der Waals surface area (Å²) in [5.74, 6) is 4.37. The van der Waals surface area contributed by atoms with E-state index < -0.39 is 0 Å². The Kier molecular flexibility index (Phi) is 2.89. The molecule has 0 aliphatic heterocycles. The molecule has 19 heavy (non-hydrogen) atoms. The summed E-state index contributed by atoms with van der Waals surface area (Å²) >= 11 is 0. The van der Waals surface area contributed by atoms with Crippen LogP contribution >= 0.6 is 0 Å². The topological polar surface area (TPSA) is 41.5 Å². The van der Waals surface area contributed by atoms with E-state index in [1.807, 2.05) is 6.21 Å². The SMILES string of the molecule is O=C(N/N=C\[C@H]1C[C@@H]2CC[C@H]1C2)[C@H]1C[C@@H]2CC[C@@H]1C2. The van der Waals surface area contributed by atoms with Gasteiger partial charge < -0.3 is 0 Å². The lowest BCUT2D eigenvalue weighted by atomic mass is 9.88. The molecule has 0 unspecified atom stereocenters. The number of amides is 1. The second-order valence-electron chi connectivity index (χ2n) is 7.37. The molecule has 4 fully saturated rings. The maximum atomic E-state index is 12.1. The number of nitrogens with zero attached hydrogens (tertiary/aromatic N) is 1. The molecule has 4 aliphatic rings. The fourth-order valence-corrected chi connectivity index (χ4v) is 5.32. The smallest absolute Gasteiger partial charge is 0.243 e. The van der Waals surface area contributed by atoms with Gasteiger partial charge in [-0.1, -0.05) is 12.8 Å². The molecule has 4 saturated carbocycles. The quantitative estimate of drug-likeness (QED) is 0.615. The van der Waals surface area contributed by atoms with E-state index in [0.29, 0.717) is 11.8 Å². The van der Waals surface area contributed by atoms with Gasteiger partial charge in [0, 0.05) is 12.1 Å². The van der Waals surface area contributed by atoms with Crippen LogP contribution in [0.25, 0.3) is 0 Å². The molecule has 4 rings (SSSR count). The van der Waals surface area contributed by atoms with Crippen LogP contribution in [0, 0.1) is 35.5 Å². The number of carbonyl (C=O) groups excluding carboxylic acids is 1. The van der Waals surface area contributed by atoms with Crippen LogP contribution in [0.2, 0.25) is 0 Å². The van der Waals surface area contributed by atoms with E-state index in [9.17, 15) is 4.79 Å². The van der Waals surface area contributed by atoms with Gasteiger partial charge in [-0.15, -0.1) is 0 Å². The summed E-state index contributed by atoms with van der Waals surface area (Å²) in [4.78, 5) is 12.1. The third-order valence-electron chi connectivity index (χ3n) is 6.31. The predicted molar refractivity (Wildman–Crippen MR) is 74.5 cm³/mol. The molecular weight excluding hydrogens is 236 g/mol. The van der Waals surface area contributed by atoms with Crippen molar-refractivity contribution in [2.45, 2.75) is 51.4 Å². The van der Waals surface area contributed by atoms with Gasteiger partial charge in [0.25, 0.3) is 0 Å². The van der Waals surface area contributed by atoms with Gasteiger partial charge in [0.1, 0.15) is 0 Å². The van der Waals surface area contributed by atoms with Gasteiger partial charge in [0.15, 0.2) is 0 Å². The lowest BCUT2D eigenvalue weighted by molar-refractivity contribution is -0.126. The molecule has 3 heteroatoms. The van der Waals surface area contributed by atoms with Crippen molar-refractivity contribution in [3.05, 3.63) is 0 Å². The number of nitrogens with one attached hydrogen (secondary N) is 1. The van der Waals surface area contributed by atoms with Gasteiger partial charge in [0.05, 0.1) is 0 Å². The highest BCUT2D eigenvalue weighted by molar-refractivity contribution is 5.80. The highest BCUT2D eigenvalue weighted by Gasteiger charge is 2.43. The average Bonchev–Trinajstić information content (AvgIpc) is 3.18. The number of hydrogen-bond donors (Lipinski definition) is 1. The molecule has 0 heterocycles. The van der Waals surface area contributed by atoms with E-state index in [-0.39, 0.29) is 11.8 Å². The van der Waals surface area contributed by atoms with E-state index in [0.717, 1.165) is 24.2 Å². The Hall–Kier alpha value is -0.860. The van der Waals surface area contributed by atoms with E-state index in [4.69, 9.17) is 0 Å². The van der Waals surface area contributed by atoms with Crippen LogP contribution in [0.1, 0.15) is 51.4 Å². The van der Waals surface area contributed by atoms with Crippen molar-refractivity contribution >= 4 is 12.1 Å². The van der Waals surface area contributed by atoms with Crippen LogP contribution in [0.4, 0.5) is 0 Å². The second kappa shape index (κ2) is 4.60. The van der Waals surface area contributed by atoms with Gasteiger partial charge in [0.2, 0.25) is 5.91 Å². The van der Waals surface area contributed by atoms with Crippen LogP contribution in [-0.2, 0) is 4.79 Å². The summed E-state index contributed by atoms with van der Waals surface area (Å²) in [6.45, 7) is 0. The first-order valence-corrected chi connectivity index (χ1v) is 8.12. The highest BCUT2D eigenvalue weighted by Crippen LogP contribution is 2.48. The highest BCUT2D eigenvalue weighted by atomic mass is 16.2. The van der Waals surface area contributed by atoms with E-state index in [1.54, 1.807) is 0 Å². The van der Waals surface area contributed by atoms with Crippen molar-refractivity contribution in [2.24, 2.45) is 40.6 Å². The van der Waals surface area contributed by atoms with Crippen molar-refractivity contribution < 1.29 is 4.79 Å². The van der Waals surface area contributed by atoms with E-state index >= 15 is 0 Å². The molecule has 0 aromatic heterocycles. The molecule has 3 nitrogen and oxygen atoms in total. The number of hydrazone groups is 1. The molecular formula is C16H24N2O. The third-order valence-corrected chi connectivity index (χ3v) is 6.31. The minimum atomic E-state index is 0.187. The number of carbonyl (C=O) groups is 1. The lowest BCUT2D eigenvalue weighted by Gasteiger charge is -2.20. The van der Waals surface area contributed by atoms with Crippen molar-refractivity contribution in [3.63, 3.8) is 0 Å². The van der Waals surface area contributed by atoms with Crippen LogP contribution in [-0.4, -0.2) is 12.1 Å². The first kappa shape index (κ1) is 11.9. The Balaban J connectivity index is 1.29. The fraction of sp³-hybridized carbons (Fsp3) is 0.875. The van der Waals surface area contributed by atoms with Gasteiger partial charge >= 0.3 is 0 Å². The molecule has 104 valence electrons. The Labute approximate surface area is 115 Å². The van der Waals surface area contributed by atoms with Crippen molar-refractivity contribution in [3.8, 4) is 0 Å². The summed E-state index contributed by atoms with van der Waals surface area (Å²) < 4.78 is 0. The van der Waals surface area contributed by atoms with Crippen LogP contribution < -0.4 is 5.43 Å². The van der Waals surface area contributed by atoms with Gasteiger partial charge in [-0.05, 0) is 68.1 Å². The average molecular weight is 260 g/mol. The van der Waals surface area contributed by atoms with Crippen molar-refractivity contribution in [1.82, 2.24) is 5.43 Å². The number of rotatable bonds is 3. The molecule has 1 amide bonds. The van der Waals surface area contributed by atoms with Crippen molar-refractivity contribution in [2.75, 3.05) is 0 Å². The zero-order valence-corrected chi connectivity index (χ0v) is 11.6. The van der Waals surface area contributed by atoms with Gasteiger partial charge in [-0.2, -0.15) is 5.10 Å². The normalized spacial score (nSPS) is 47.4. The minimum Gasteiger partial charge on any atom is -0.273 e. The molecule has 4 aliphatic carbocycles. The summed E-state index contributed by atoms with van der Waals surface area (Å²) in [7, 11) is 0.